The molecule has 11 N–H and O–H groups in total. The molecule has 16 nitrogen and oxygen atoms in total. The van der Waals surface area contributed by atoms with Gasteiger partial charge in [0.2, 0.25) is 23.6 Å². The zero-order chi connectivity index (χ0) is 46.2. The van der Waals surface area contributed by atoms with Crippen LogP contribution in [0.5, 0.6) is 28.7 Å². The van der Waals surface area contributed by atoms with Crippen molar-refractivity contribution in [2.24, 2.45) is 0 Å². The van der Waals surface area contributed by atoms with Gasteiger partial charge in [-0.15, -0.1) is 0 Å². The van der Waals surface area contributed by atoms with Crippen molar-refractivity contribution in [3.05, 3.63) is 149 Å². The van der Waals surface area contributed by atoms with Gasteiger partial charge in [-0.2, -0.15) is 0 Å². The number of hydrogen-bond donors (Lipinski definition) is 11. The first-order chi connectivity index (χ1) is 30.6. The lowest BCUT2D eigenvalue weighted by Gasteiger charge is -2.27. The van der Waals surface area contributed by atoms with Gasteiger partial charge < -0.3 is 57.2 Å². The maximum absolute atomic E-state index is 14.5. The highest BCUT2D eigenvalue weighted by molar-refractivity contribution is 5.96. The van der Waals surface area contributed by atoms with Crippen LogP contribution in [-0.4, -0.2) is 97.0 Å². The van der Waals surface area contributed by atoms with Gasteiger partial charge in [-0.25, -0.2) is 4.79 Å². The second-order valence-corrected chi connectivity index (χ2v) is 15.4. The molecule has 0 aromatic heterocycles. The smallest absolute Gasteiger partial charge is 0.326 e. The maximum Gasteiger partial charge on any atom is 0.326 e. The fourth-order valence-corrected chi connectivity index (χ4v) is 6.83. The lowest BCUT2D eigenvalue weighted by atomic mass is 9.99. The highest BCUT2D eigenvalue weighted by atomic mass is 16.4. The molecule has 64 heavy (non-hydrogen) atoms. The Kier molecular flexibility index (Phi) is 17.1. The molecule has 336 valence electrons. The summed E-state index contributed by atoms with van der Waals surface area (Å²) in [6.07, 6.45) is 0.397. The van der Waals surface area contributed by atoms with Gasteiger partial charge in [0.15, 0.2) is 0 Å². The standard InChI is InChI=1S/C48H53N5O11/c1-2-23-49-39(24-29-3-13-34(54)14-4-29)44(59)50-40(25-30-5-15-35(55)16-6-30)45(60)51-41(26-31-7-17-36(56)18-8-31)46(61)52-42(27-32-9-19-37(57)20-10-32)47(62)53-43(48(63)64)28-33-11-21-38(58)22-12-33/h3-22,39-43,49,54-58H,2,23-28H2,1H3,(H,50,59)(H,51,60)(H,52,61)(H,53,62)(H,63,64)/t39-,40-,41-,42-,43-/m0/s1. The molecule has 5 aromatic carbocycles. The van der Waals surface area contributed by atoms with E-state index in [0.29, 0.717) is 35.2 Å². The number of carboxylic acid groups (broad SMARTS) is 1. The van der Waals surface area contributed by atoms with E-state index in [1.54, 1.807) is 36.4 Å². The number of phenolic OH excluding ortho intramolecular Hbond substituents is 5. The summed E-state index contributed by atoms with van der Waals surface area (Å²) in [5.41, 5.74) is 2.82. The fourth-order valence-electron chi connectivity index (χ4n) is 6.83. The number of hydrogen-bond acceptors (Lipinski definition) is 11. The van der Waals surface area contributed by atoms with E-state index in [0.717, 1.165) is 5.56 Å². The Balaban J connectivity index is 1.44. The van der Waals surface area contributed by atoms with Gasteiger partial charge in [0.1, 0.15) is 52.9 Å². The summed E-state index contributed by atoms with van der Waals surface area (Å²) < 4.78 is 0. The van der Waals surface area contributed by atoms with Crippen LogP contribution >= 0.6 is 0 Å². The number of carboxylic acids is 1. The number of aromatic hydroxyl groups is 5. The summed E-state index contributed by atoms with van der Waals surface area (Å²) in [6, 6.07) is 23.6. The molecule has 0 fully saturated rings. The summed E-state index contributed by atoms with van der Waals surface area (Å²) in [6.45, 7) is 2.41. The first-order valence-corrected chi connectivity index (χ1v) is 20.7. The summed E-state index contributed by atoms with van der Waals surface area (Å²) in [7, 11) is 0. The lowest BCUT2D eigenvalue weighted by molar-refractivity contribution is -0.142. The number of carbonyl (C=O) groups excluding carboxylic acids is 4. The van der Waals surface area contributed by atoms with Crippen LogP contribution in [0.4, 0.5) is 0 Å². The average molecular weight is 876 g/mol. The summed E-state index contributed by atoms with van der Waals surface area (Å²) in [4.78, 5) is 69.4. The van der Waals surface area contributed by atoms with Crippen LogP contribution in [0, 0.1) is 0 Å². The van der Waals surface area contributed by atoms with Crippen molar-refractivity contribution in [1.82, 2.24) is 26.6 Å². The molecule has 0 spiro atoms. The van der Waals surface area contributed by atoms with Crippen molar-refractivity contribution in [3.63, 3.8) is 0 Å². The van der Waals surface area contributed by atoms with Gasteiger partial charge in [0, 0.05) is 25.7 Å². The van der Waals surface area contributed by atoms with E-state index in [1.165, 1.54) is 84.9 Å². The minimum Gasteiger partial charge on any atom is -0.508 e. The number of carbonyl (C=O) groups is 5. The zero-order valence-corrected chi connectivity index (χ0v) is 35.1. The lowest BCUT2D eigenvalue weighted by Crippen LogP contribution is -2.60. The second-order valence-electron chi connectivity index (χ2n) is 15.4. The molecular weight excluding hydrogens is 823 g/mol. The predicted octanol–water partition coefficient (Wildman–Crippen LogP) is 3.12. The molecule has 0 radical (unpaired) electrons. The molecule has 0 aliphatic heterocycles. The highest BCUT2D eigenvalue weighted by Gasteiger charge is 2.33. The van der Waals surface area contributed by atoms with E-state index >= 15 is 0 Å². The van der Waals surface area contributed by atoms with E-state index in [2.05, 4.69) is 26.6 Å². The first-order valence-electron chi connectivity index (χ1n) is 20.7. The molecule has 0 saturated carbocycles. The minimum atomic E-state index is -1.45. The van der Waals surface area contributed by atoms with Crippen LogP contribution in [0.25, 0.3) is 0 Å². The van der Waals surface area contributed by atoms with Crippen LogP contribution in [0.1, 0.15) is 41.2 Å². The van der Waals surface area contributed by atoms with Crippen LogP contribution in [0.15, 0.2) is 121 Å². The Morgan fingerprint density at radius 1 is 0.375 bits per heavy atom. The van der Waals surface area contributed by atoms with Crippen LogP contribution in [-0.2, 0) is 56.1 Å². The molecule has 5 atom stereocenters. The molecule has 0 saturated heterocycles. The Morgan fingerprint density at radius 2 is 0.594 bits per heavy atom. The molecule has 16 heteroatoms. The molecular formula is C48H53N5O11. The summed E-state index contributed by atoms with van der Waals surface area (Å²) >= 11 is 0. The number of nitrogens with one attached hydrogen (secondary N) is 5. The van der Waals surface area contributed by atoms with Gasteiger partial charge in [-0.05, 0) is 108 Å². The third-order valence-electron chi connectivity index (χ3n) is 10.4. The Hall–Kier alpha value is -7.59. The minimum absolute atomic E-state index is 0.0157. The van der Waals surface area contributed by atoms with E-state index in [-0.39, 0.29) is 60.9 Å². The fraction of sp³-hybridized carbons (Fsp3) is 0.271. The summed E-state index contributed by atoms with van der Waals surface area (Å²) in [5.74, 6) is -4.42. The number of benzene rings is 5. The number of rotatable bonds is 22. The van der Waals surface area contributed by atoms with Crippen molar-refractivity contribution in [2.45, 2.75) is 75.7 Å². The van der Waals surface area contributed by atoms with Crippen molar-refractivity contribution in [2.75, 3.05) is 6.54 Å². The van der Waals surface area contributed by atoms with Gasteiger partial charge in [0.05, 0.1) is 6.04 Å². The van der Waals surface area contributed by atoms with Crippen molar-refractivity contribution in [3.8, 4) is 28.7 Å². The van der Waals surface area contributed by atoms with Crippen molar-refractivity contribution < 1.29 is 54.6 Å². The van der Waals surface area contributed by atoms with Crippen LogP contribution in [0.3, 0.4) is 0 Å². The van der Waals surface area contributed by atoms with Crippen molar-refractivity contribution in [1.29, 1.82) is 0 Å². The Morgan fingerprint density at radius 3 is 0.844 bits per heavy atom. The SMILES string of the molecule is CCCN[C@@H](Cc1ccc(O)cc1)C(=O)N[C@@H](Cc1ccc(O)cc1)C(=O)N[C@@H](Cc1ccc(O)cc1)C(=O)N[C@@H](Cc1ccc(O)cc1)C(=O)N[C@@H](Cc1ccc(O)cc1)C(=O)O. The molecule has 0 unspecified atom stereocenters. The van der Waals surface area contributed by atoms with Gasteiger partial charge in [-0.1, -0.05) is 67.6 Å². The molecule has 5 rings (SSSR count). The van der Waals surface area contributed by atoms with Gasteiger partial charge in [-0.3, -0.25) is 19.2 Å². The number of phenols is 5. The normalized spacial score (nSPS) is 13.3. The largest absolute Gasteiger partial charge is 0.508 e. The zero-order valence-electron chi connectivity index (χ0n) is 35.1. The third-order valence-corrected chi connectivity index (χ3v) is 10.4. The molecule has 0 heterocycles. The monoisotopic (exact) mass is 875 g/mol. The van der Waals surface area contributed by atoms with Gasteiger partial charge in [0.25, 0.3) is 0 Å². The molecule has 5 aromatic rings. The van der Waals surface area contributed by atoms with Crippen LogP contribution in [0.2, 0.25) is 0 Å². The number of amides is 4. The molecule has 0 aliphatic rings. The summed E-state index contributed by atoms with van der Waals surface area (Å²) in [5, 5.41) is 73.5. The topological polar surface area (TPSA) is 267 Å². The Labute approximate surface area is 370 Å². The van der Waals surface area contributed by atoms with E-state index in [4.69, 9.17) is 0 Å². The number of aliphatic carboxylic acids is 1. The quantitative estimate of drug-likeness (QED) is 0.0479. The molecule has 0 aliphatic carbocycles. The predicted molar refractivity (Wildman–Crippen MR) is 236 cm³/mol. The molecule has 0 bridgehead atoms. The van der Waals surface area contributed by atoms with E-state index < -0.39 is 59.8 Å². The highest BCUT2D eigenvalue weighted by Crippen LogP contribution is 2.18. The third kappa shape index (κ3) is 14.8. The first kappa shape index (κ1) is 47.5. The maximum atomic E-state index is 14.5. The van der Waals surface area contributed by atoms with Gasteiger partial charge >= 0.3 is 5.97 Å². The van der Waals surface area contributed by atoms with E-state index in [9.17, 15) is 54.6 Å². The van der Waals surface area contributed by atoms with Crippen molar-refractivity contribution >= 4 is 29.6 Å². The average Bonchev–Trinajstić information content (AvgIpc) is 3.27. The van der Waals surface area contributed by atoms with Crippen LogP contribution < -0.4 is 26.6 Å². The molecule has 4 amide bonds. The van der Waals surface area contributed by atoms with E-state index in [1.807, 2.05) is 6.92 Å². The second kappa shape index (κ2) is 23.0. The Bertz CT molecular complexity index is 2320.